The Kier molecular flexibility index (Phi) is 6.35. The van der Waals surface area contributed by atoms with E-state index in [0.29, 0.717) is 37.4 Å². The fourth-order valence-electron chi connectivity index (χ4n) is 3.07. The van der Waals surface area contributed by atoms with Gasteiger partial charge in [-0.3, -0.25) is 19.0 Å². The van der Waals surface area contributed by atoms with Crippen LogP contribution in [0.4, 0.5) is 14.5 Å². The van der Waals surface area contributed by atoms with Gasteiger partial charge in [-0.05, 0) is 36.4 Å². The van der Waals surface area contributed by atoms with Crippen molar-refractivity contribution in [2.45, 2.75) is 6.23 Å². The van der Waals surface area contributed by atoms with E-state index >= 15 is 0 Å². The molecule has 2 unspecified atom stereocenters. The lowest BCUT2D eigenvalue weighted by atomic mass is 10.1. The molecular formula is C18H19F2N3O4S. The van der Waals surface area contributed by atoms with Gasteiger partial charge < -0.3 is 10.0 Å². The molecule has 28 heavy (non-hydrogen) atoms. The Morgan fingerprint density at radius 2 is 1.61 bits per heavy atom. The Hall–Kier alpha value is -2.40. The second-order valence-electron chi connectivity index (χ2n) is 6.33. The first-order valence-electron chi connectivity index (χ1n) is 8.48. The molecule has 0 aromatic heterocycles. The molecule has 0 spiro atoms. The van der Waals surface area contributed by atoms with E-state index in [9.17, 15) is 22.9 Å². The number of nitrogens with zero attached hydrogens (tertiary/aromatic N) is 2. The van der Waals surface area contributed by atoms with Crippen LogP contribution in [0.3, 0.4) is 0 Å². The van der Waals surface area contributed by atoms with Crippen LogP contribution in [0.25, 0.3) is 0 Å². The van der Waals surface area contributed by atoms with Gasteiger partial charge in [0.2, 0.25) is 0 Å². The average Bonchev–Trinajstić information content (AvgIpc) is 2.66. The molecule has 0 bridgehead atoms. The van der Waals surface area contributed by atoms with Crippen LogP contribution in [0.2, 0.25) is 0 Å². The molecule has 10 heteroatoms. The lowest BCUT2D eigenvalue weighted by molar-refractivity contribution is -0.0243. The number of aliphatic hydroxyl groups excluding tert-OH is 1. The van der Waals surface area contributed by atoms with Gasteiger partial charge in [-0.25, -0.2) is 13.0 Å². The molecule has 150 valence electrons. The van der Waals surface area contributed by atoms with E-state index in [4.69, 9.17) is 4.55 Å². The van der Waals surface area contributed by atoms with Gasteiger partial charge in [-0.1, -0.05) is 0 Å². The summed E-state index contributed by atoms with van der Waals surface area (Å²) >= 11 is -2.19. The highest BCUT2D eigenvalue weighted by Gasteiger charge is 2.27. The first-order valence-corrected chi connectivity index (χ1v) is 9.59. The van der Waals surface area contributed by atoms with E-state index in [1.165, 1.54) is 12.1 Å². The van der Waals surface area contributed by atoms with E-state index in [0.717, 1.165) is 18.2 Å². The lowest BCUT2D eigenvalue weighted by Crippen LogP contribution is -2.49. The summed E-state index contributed by atoms with van der Waals surface area (Å²) < 4.78 is 48.5. The van der Waals surface area contributed by atoms with Crippen molar-refractivity contribution in [3.63, 3.8) is 0 Å². The van der Waals surface area contributed by atoms with Crippen LogP contribution >= 0.6 is 0 Å². The van der Waals surface area contributed by atoms with E-state index in [2.05, 4.69) is 4.72 Å². The monoisotopic (exact) mass is 411 g/mol. The molecule has 2 atom stereocenters. The summed E-state index contributed by atoms with van der Waals surface area (Å²) in [7, 11) is 0. The van der Waals surface area contributed by atoms with Crippen LogP contribution in [0.5, 0.6) is 0 Å². The molecule has 3 N–H and O–H groups in total. The molecule has 3 rings (SSSR count). The van der Waals surface area contributed by atoms with Crippen molar-refractivity contribution in [1.29, 1.82) is 0 Å². The minimum Gasteiger partial charge on any atom is -0.374 e. The van der Waals surface area contributed by atoms with Crippen molar-refractivity contribution in [3.05, 3.63) is 65.2 Å². The van der Waals surface area contributed by atoms with Crippen LogP contribution in [0.15, 0.2) is 42.5 Å². The summed E-state index contributed by atoms with van der Waals surface area (Å²) in [6.07, 6.45) is -1.16. The molecule has 2 aromatic rings. The second-order valence-corrected chi connectivity index (χ2v) is 7.04. The number of piperazine rings is 1. The number of rotatable bonds is 5. The molecule has 1 fully saturated rings. The summed E-state index contributed by atoms with van der Waals surface area (Å²) in [5, 5.41) is 10.4. The molecule has 7 nitrogen and oxygen atoms in total. The van der Waals surface area contributed by atoms with Gasteiger partial charge >= 0.3 is 0 Å². The molecule has 2 aromatic carbocycles. The maximum atomic E-state index is 13.4. The van der Waals surface area contributed by atoms with Crippen molar-refractivity contribution in [3.8, 4) is 0 Å². The quantitative estimate of drug-likeness (QED) is 0.654. The van der Waals surface area contributed by atoms with Gasteiger partial charge in [-0.15, -0.1) is 0 Å². The number of hydrogen-bond acceptors (Lipinski definition) is 4. The Balaban J connectivity index is 1.60. The predicted octanol–water partition coefficient (Wildman–Crippen LogP) is 1.96. The lowest BCUT2D eigenvalue weighted by Gasteiger charge is -2.37. The second kappa shape index (κ2) is 8.74. The molecule has 1 aliphatic heterocycles. The first kappa shape index (κ1) is 20.3. The minimum atomic E-state index is -2.19. The number of aliphatic hydroxyl groups is 1. The van der Waals surface area contributed by atoms with Crippen LogP contribution in [0, 0.1) is 11.6 Å². The summed E-state index contributed by atoms with van der Waals surface area (Å²) in [5.74, 6) is -1.72. The number of carbonyl (C=O) groups is 1. The van der Waals surface area contributed by atoms with Gasteiger partial charge in [0.05, 0.1) is 0 Å². The van der Waals surface area contributed by atoms with Crippen molar-refractivity contribution >= 4 is 22.9 Å². The number of hydrogen-bond donors (Lipinski definition) is 3. The zero-order valence-corrected chi connectivity index (χ0v) is 15.5. The van der Waals surface area contributed by atoms with Crippen molar-refractivity contribution in [1.82, 2.24) is 9.80 Å². The van der Waals surface area contributed by atoms with Gasteiger partial charge in [-0.2, -0.15) is 0 Å². The van der Waals surface area contributed by atoms with Gasteiger partial charge in [0.15, 0.2) is 0 Å². The highest BCUT2D eigenvalue weighted by Crippen LogP contribution is 2.22. The molecule has 0 saturated carbocycles. The zero-order valence-electron chi connectivity index (χ0n) is 14.7. The summed E-state index contributed by atoms with van der Waals surface area (Å²) in [6, 6.07) is 9.06. The summed E-state index contributed by atoms with van der Waals surface area (Å²) in [5.41, 5.74) is 0.963. The predicted molar refractivity (Wildman–Crippen MR) is 99.6 cm³/mol. The number of benzene rings is 2. The van der Waals surface area contributed by atoms with Crippen molar-refractivity contribution in [2.75, 3.05) is 30.9 Å². The Labute approximate surface area is 163 Å². The average molecular weight is 411 g/mol. The maximum Gasteiger partial charge on any atom is 0.259 e. The molecule has 1 amide bonds. The Morgan fingerprint density at radius 1 is 1.04 bits per heavy atom. The van der Waals surface area contributed by atoms with Crippen LogP contribution < -0.4 is 4.72 Å². The number of nitrogens with one attached hydrogen (secondary N) is 1. The topological polar surface area (TPSA) is 93.1 Å². The number of halogens is 2. The van der Waals surface area contributed by atoms with Gasteiger partial charge in [0, 0.05) is 49.1 Å². The molecule has 0 aliphatic carbocycles. The highest BCUT2D eigenvalue weighted by molar-refractivity contribution is 7.80. The van der Waals surface area contributed by atoms with Crippen LogP contribution in [0.1, 0.15) is 22.1 Å². The highest BCUT2D eigenvalue weighted by atomic mass is 32.2. The van der Waals surface area contributed by atoms with E-state index in [1.807, 2.05) is 0 Å². The van der Waals surface area contributed by atoms with Crippen molar-refractivity contribution < 1.29 is 27.4 Å². The molecular weight excluding hydrogens is 392 g/mol. The number of amides is 1. The Morgan fingerprint density at radius 3 is 2.14 bits per heavy atom. The first-order chi connectivity index (χ1) is 13.3. The normalized spacial score (nSPS) is 17.2. The van der Waals surface area contributed by atoms with Gasteiger partial charge in [0.25, 0.3) is 17.2 Å². The third kappa shape index (κ3) is 4.90. The Bertz CT molecular complexity index is 853. The molecule has 1 aliphatic rings. The largest absolute Gasteiger partial charge is 0.374 e. The number of carbonyl (C=O) groups excluding carboxylic acids is 1. The molecule has 1 saturated heterocycles. The standard InChI is InChI=1S/C18H19F2N3O4S/c19-14-9-13(10-15(20)11-14)18(25)23-7-5-22(6-8-23)17(24)12-1-3-16(4-2-12)21-28(26)27/h1-4,9-11,18,21,25H,5-8H2,(H,26,27). The molecule has 1 heterocycles. The number of anilines is 1. The van der Waals surface area contributed by atoms with E-state index in [1.54, 1.807) is 21.9 Å². The molecule has 0 radical (unpaired) electrons. The fraction of sp³-hybridized carbons (Fsp3) is 0.278. The van der Waals surface area contributed by atoms with Crippen LogP contribution in [-0.4, -0.2) is 55.8 Å². The fourth-order valence-corrected chi connectivity index (χ4v) is 3.41. The zero-order chi connectivity index (χ0) is 20.3. The summed E-state index contributed by atoms with van der Waals surface area (Å²) in [6.45, 7) is 1.37. The third-order valence-corrected chi connectivity index (χ3v) is 4.88. The van der Waals surface area contributed by atoms with E-state index in [-0.39, 0.29) is 11.5 Å². The minimum absolute atomic E-state index is 0.127. The summed E-state index contributed by atoms with van der Waals surface area (Å²) in [4.78, 5) is 15.8. The van der Waals surface area contributed by atoms with E-state index < -0.39 is 29.1 Å². The smallest absolute Gasteiger partial charge is 0.259 e. The SMILES string of the molecule is O=C(c1ccc(NS(=O)O)cc1)N1CCN(C(O)c2cc(F)cc(F)c2)CC1. The third-order valence-electron chi connectivity index (χ3n) is 4.47. The van der Waals surface area contributed by atoms with Crippen molar-refractivity contribution in [2.24, 2.45) is 0 Å². The van der Waals surface area contributed by atoms with Crippen LogP contribution in [-0.2, 0) is 11.3 Å². The maximum absolute atomic E-state index is 13.4. The van der Waals surface area contributed by atoms with Gasteiger partial charge in [0.1, 0.15) is 17.9 Å².